The molecule has 0 spiro atoms. The molecule has 166 valence electrons. The number of carbonyl (C=O) groups excluding carboxylic acids is 3. The highest BCUT2D eigenvalue weighted by atomic mass is 16.5. The van der Waals surface area contributed by atoms with Crippen molar-refractivity contribution < 1.29 is 28.6 Å². The lowest BCUT2D eigenvalue weighted by Crippen LogP contribution is -2.37. The molecule has 1 atom stereocenters. The molecule has 8 heteroatoms. The van der Waals surface area contributed by atoms with Crippen LogP contribution in [-0.2, 0) is 20.7 Å². The Bertz CT molecular complexity index is 863. The molecule has 0 bridgehead atoms. The zero-order valence-corrected chi connectivity index (χ0v) is 18.0. The Morgan fingerprint density at radius 3 is 2.23 bits per heavy atom. The van der Waals surface area contributed by atoms with Crippen LogP contribution >= 0.6 is 0 Å². The van der Waals surface area contributed by atoms with Crippen molar-refractivity contribution in [2.24, 2.45) is 0 Å². The van der Waals surface area contributed by atoms with Gasteiger partial charge in [0.2, 0.25) is 0 Å². The van der Waals surface area contributed by atoms with Gasteiger partial charge in [0.15, 0.2) is 6.61 Å². The maximum absolute atomic E-state index is 12.2. The van der Waals surface area contributed by atoms with E-state index in [0.717, 1.165) is 12.8 Å². The fourth-order valence-electron chi connectivity index (χ4n) is 2.81. The SMILES string of the molecule is COc1cc(OC)cc(C(=O)NCC(=O)OCC(=O)N[C@@H](C)CCc2ccccc2)c1. The number of carbonyl (C=O) groups is 3. The van der Waals surface area contributed by atoms with Crippen LogP contribution in [0.5, 0.6) is 11.5 Å². The van der Waals surface area contributed by atoms with Gasteiger partial charge in [0, 0.05) is 17.7 Å². The average Bonchev–Trinajstić information content (AvgIpc) is 2.80. The Labute approximate surface area is 181 Å². The van der Waals surface area contributed by atoms with E-state index in [4.69, 9.17) is 14.2 Å². The average molecular weight is 428 g/mol. The van der Waals surface area contributed by atoms with Crippen LogP contribution in [0.3, 0.4) is 0 Å². The molecule has 2 aromatic carbocycles. The lowest BCUT2D eigenvalue weighted by atomic mass is 10.1. The van der Waals surface area contributed by atoms with E-state index in [1.54, 1.807) is 6.07 Å². The molecule has 0 unspecified atom stereocenters. The monoisotopic (exact) mass is 428 g/mol. The maximum Gasteiger partial charge on any atom is 0.325 e. The van der Waals surface area contributed by atoms with Crippen LogP contribution in [-0.4, -0.2) is 51.2 Å². The van der Waals surface area contributed by atoms with Gasteiger partial charge in [-0.1, -0.05) is 30.3 Å². The molecule has 2 rings (SSSR count). The van der Waals surface area contributed by atoms with Gasteiger partial charge < -0.3 is 24.8 Å². The summed E-state index contributed by atoms with van der Waals surface area (Å²) in [6, 6.07) is 14.6. The number of esters is 1. The predicted molar refractivity (Wildman–Crippen MR) is 115 cm³/mol. The second-order valence-corrected chi connectivity index (χ2v) is 6.94. The van der Waals surface area contributed by atoms with Crippen molar-refractivity contribution in [1.82, 2.24) is 10.6 Å². The number of amides is 2. The van der Waals surface area contributed by atoms with Crippen molar-refractivity contribution in [1.29, 1.82) is 0 Å². The summed E-state index contributed by atoms with van der Waals surface area (Å²) in [6.45, 7) is 1.12. The fraction of sp³-hybridized carbons (Fsp3) is 0.348. The van der Waals surface area contributed by atoms with E-state index in [1.807, 2.05) is 37.3 Å². The van der Waals surface area contributed by atoms with Crippen molar-refractivity contribution in [2.45, 2.75) is 25.8 Å². The van der Waals surface area contributed by atoms with E-state index in [-0.39, 0.29) is 18.2 Å². The molecule has 0 heterocycles. The summed E-state index contributed by atoms with van der Waals surface area (Å²) in [4.78, 5) is 36.1. The molecule has 0 aliphatic carbocycles. The molecule has 2 amide bonds. The van der Waals surface area contributed by atoms with Crippen molar-refractivity contribution in [3.63, 3.8) is 0 Å². The summed E-state index contributed by atoms with van der Waals surface area (Å²) < 4.78 is 15.2. The Balaban J connectivity index is 1.70. The summed E-state index contributed by atoms with van der Waals surface area (Å²) in [5.74, 6) is -0.698. The first-order valence-electron chi connectivity index (χ1n) is 9.91. The maximum atomic E-state index is 12.2. The molecular formula is C23H28N2O6. The molecule has 2 aromatic rings. The van der Waals surface area contributed by atoms with E-state index in [9.17, 15) is 14.4 Å². The minimum absolute atomic E-state index is 0.0610. The molecule has 0 fully saturated rings. The Kier molecular flexibility index (Phi) is 9.35. The van der Waals surface area contributed by atoms with E-state index < -0.39 is 24.4 Å². The van der Waals surface area contributed by atoms with Crippen molar-refractivity contribution in [3.8, 4) is 11.5 Å². The summed E-state index contributed by atoms with van der Waals surface area (Å²) in [7, 11) is 2.95. The molecular weight excluding hydrogens is 400 g/mol. The highest BCUT2D eigenvalue weighted by molar-refractivity contribution is 5.96. The van der Waals surface area contributed by atoms with E-state index in [0.29, 0.717) is 11.5 Å². The Hall–Kier alpha value is -3.55. The molecule has 0 saturated heterocycles. The van der Waals surface area contributed by atoms with E-state index in [1.165, 1.54) is 31.9 Å². The highest BCUT2D eigenvalue weighted by Gasteiger charge is 2.14. The number of hydrogen-bond acceptors (Lipinski definition) is 6. The first-order chi connectivity index (χ1) is 14.9. The molecule has 31 heavy (non-hydrogen) atoms. The van der Waals surface area contributed by atoms with Crippen LogP contribution in [0.25, 0.3) is 0 Å². The molecule has 8 nitrogen and oxygen atoms in total. The largest absolute Gasteiger partial charge is 0.497 e. The van der Waals surface area contributed by atoms with E-state index in [2.05, 4.69) is 10.6 Å². The summed E-state index contributed by atoms with van der Waals surface area (Å²) in [6.07, 6.45) is 1.60. The Morgan fingerprint density at radius 1 is 0.968 bits per heavy atom. The predicted octanol–water partition coefficient (Wildman–Crippen LogP) is 2.11. The third-order valence-electron chi connectivity index (χ3n) is 4.49. The highest BCUT2D eigenvalue weighted by Crippen LogP contribution is 2.22. The topological polar surface area (TPSA) is 103 Å². The fourth-order valence-corrected chi connectivity index (χ4v) is 2.81. The minimum atomic E-state index is -0.713. The smallest absolute Gasteiger partial charge is 0.325 e. The first-order valence-corrected chi connectivity index (χ1v) is 9.91. The zero-order chi connectivity index (χ0) is 22.6. The number of aryl methyl sites for hydroxylation is 1. The number of methoxy groups -OCH3 is 2. The third-order valence-corrected chi connectivity index (χ3v) is 4.49. The van der Waals surface area contributed by atoms with Crippen LogP contribution in [0.15, 0.2) is 48.5 Å². The van der Waals surface area contributed by atoms with Crippen molar-refractivity contribution in [2.75, 3.05) is 27.4 Å². The van der Waals surface area contributed by atoms with Gasteiger partial charge in [-0.3, -0.25) is 14.4 Å². The van der Waals surface area contributed by atoms with Crippen LogP contribution in [0, 0.1) is 0 Å². The zero-order valence-electron chi connectivity index (χ0n) is 18.0. The van der Waals surface area contributed by atoms with Crippen LogP contribution < -0.4 is 20.1 Å². The molecule has 2 N–H and O–H groups in total. The normalized spacial score (nSPS) is 11.2. The van der Waals surface area contributed by atoms with Gasteiger partial charge in [-0.05, 0) is 37.5 Å². The minimum Gasteiger partial charge on any atom is -0.497 e. The van der Waals surface area contributed by atoms with Gasteiger partial charge in [-0.15, -0.1) is 0 Å². The lowest BCUT2D eigenvalue weighted by molar-refractivity contribution is -0.147. The van der Waals surface area contributed by atoms with Crippen LogP contribution in [0.2, 0.25) is 0 Å². The second-order valence-electron chi connectivity index (χ2n) is 6.94. The van der Waals surface area contributed by atoms with E-state index >= 15 is 0 Å². The molecule has 0 aliphatic heterocycles. The number of ether oxygens (including phenoxy) is 3. The molecule has 0 radical (unpaired) electrons. The number of hydrogen-bond donors (Lipinski definition) is 2. The molecule has 0 aromatic heterocycles. The van der Waals surface area contributed by atoms with Gasteiger partial charge in [-0.2, -0.15) is 0 Å². The molecule has 0 saturated carbocycles. The Morgan fingerprint density at radius 2 is 1.61 bits per heavy atom. The lowest BCUT2D eigenvalue weighted by Gasteiger charge is -2.14. The van der Waals surface area contributed by atoms with Gasteiger partial charge in [-0.25, -0.2) is 0 Å². The van der Waals surface area contributed by atoms with Crippen molar-refractivity contribution in [3.05, 3.63) is 59.7 Å². The standard InChI is InChI=1S/C23H28N2O6/c1-16(9-10-17-7-5-4-6-8-17)25-21(26)15-31-22(27)14-24-23(28)18-11-19(29-2)13-20(12-18)30-3/h4-8,11-13,16H,9-10,14-15H2,1-3H3,(H,24,28)(H,25,26)/t16-/m0/s1. The van der Waals surface area contributed by atoms with Gasteiger partial charge in [0.25, 0.3) is 11.8 Å². The van der Waals surface area contributed by atoms with Crippen molar-refractivity contribution >= 4 is 17.8 Å². The second kappa shape index (κ2) is 12.2. The summed E-state index contributed by atoms with van der Waals surface area (Å²) >= 11 is 0. The number of nitrogens with one attached hydrogen (secondary N) is 2. The first kappa shape index (κ1) is 23.7. The summed E-state index contributed by atoms with van der Waals surface area (Å²) in [5, 5.41) is 5.24. The van der Waals surface area contributed by atoms with Gasteiger partial charge >= 0.3 is 5.97 Å². The van der Waals surface area contributed by atoms with Gasteiger partial charge in [0.1, 0.15) is 18.0 Å². The number of benzene rings is 2. The summed E-state index contributed by atoms with van der Waals surface area (Å²) in [5.41, 5.74) is 1.47. The van der Waals surface area contributed by atoms with Crippen LogP contribution in [0.1, 0.15) is 29.3 Å². The van der Waals surface area contributed by atoms with Crippen LogP contribution in [0.4, 0.5) is 0 Å². The third kappa shape index (κ3) is 8.38. The number of rotatable bonds is 11. The van der Waals surface area contributed by atoms with Gasteiger partial charge in [0.05, 0.1) is 14.2 Å². The molecule has 0 aliphatic rings. The quantitative estimate of drug-likeness (QED) is 0.532.